The number of carbonyl (C=O) groups excluding carboxylic acids is 3. The van der Waals surface area contributed by atoms with Gasteiger partial charge < -0.3 is 24.7 Å². The van der Waals surface area contributed by atoms with Crippen molar-refractivity contribution >= 4 is 45.2 Å². The van der Waals surface area contributed by atoms with Crippen molar-refractivity contribution < 1.29 is 23.5 Å². The van der Waals surface area contributed by atoms with Crippen LogP contribution in [0.1, 0.15) is 31.2 Å². The number of hydrogen-bond donors (Lipinski definition) is 2. The molecule has 9 nitrogen and oxygen atoms in total. The molecule has 160 valence electrons. The van der Waals surface area contributed by atoms with E-state index in [2.05, 4.69) is 10.6 Å². The van der Waals surface area contributed by atoms with E-state index in [0.717, 1.165) is 10.4 Å². The molecule has 2 N–H and O–H groups in total. The van der Waals surface area contributed by atoms with E-state index in [-0.39, 0.29) is 18.0 Å². The molecule has 3 aromatic rings. The molecule has 0 fully saturated rings. The van der Waals surface area contributed by atoms with Crippen LogP contribution in [0.25, 0.3) is 11.0 Å². The van der Waals surface area contributed by atoms with Crippen molar-refractivity contribution in [3.05, 3.63) is 62.3 Å². The smallest absolute Gasteiger partial charge is 0.409 e. The molecule has 1 aromatic carbocycles. The summed E-state index contributed by atoms with van der Waals surface area (Å²) >= 11 is 1.19. The molecule has 31 heavy (non-hydrogen) atoms. The second kappa shape index (κ2) is 8.23. The minimum absolute atomic E-state index is 0.163. The number of nitrogens with one attached hydrogen (secondary N) is 2. The van der Waals surface area contributed by atoms with Crippen LogP contribution < -0.4 is 16.3 Å². The summed E-state index contributed by atoms with van der Waals surface area (Å²) in [6, 6.07) is 8.34. The lowest BCUT2D eigenvalue weighted by atomic mass is 10.0. The molecule has 0 saturated heterocycles. The Bertz CT molecular complexity index is 1260. The Hall–Kier alpha value is -3.66. The van der Waals surface area contributed by atoms with E-state index in [0.29, 0.717) is 34.5 Å². The van der Waals surface area contributed by atoms with Crippen molar-refractivity contribution in [2.75, 3.05) is 26.0 Å². The number of methoxy groups -OCH3 is 1. The van der Waals surface area contributed by atoms with E-state index < -0.39 is 17.6 Å². The van der Waals surface area contributed by atoms with Crippen LogP contribution in [0.4, 0.5) is 9.80 Å². The Morgan fingerprint density at radius 1 is 1.19 bits per heavy atom. The predicted octanol–water partition coefficient (Wildman–Crippen LogP) is 2.59. The monoisotopic (exact) mass is 441 g/mol. The van der Waals surface area contributed by atoms with E-state index in [1.165, 1.54) is 36.5 Å². The zero-order chi connectivity index (χ0) is 22.1. The fourth-order valence-electron chi connectivity index (χ4n) is 3.53. The van der Waals surface area contributed by atoms with Crippen molar-refractivity contribution in [3.8, 4) is 0 Å². The standard InChI is InChI=1S/C21H19N3O6S/c1-22-18(26)16-12-7-8-24(21(28)29-2)10-15(12)31-19(16)23-17(25)13-9-11-5-3-4-6-14(11)30-20(13)27/h3-6,9H,7-8,10H2,1-2H3,(H,22,26)(H,23,25). The maximum Gasteiger partial charge on any atom is 0.409 e. The second-order valence-electron chi connectivity index (χ2n) is 6.87. The number of carbonyl (C=O) groups is 3. The molecule has 0 spiro atoms. The molecule has 0 bridgehead atoms. The first-order valence-corrected chi connectivity index (χ1v) is 10.3. The zero-order valence-corrected chi connectivity index (χ0v) is 17.6. The van der Waals surface area contributed by atoms with Crippen LogP contribution in [0.3, 0.4) is 0 Å². The highest BCUT2D eigenvalue weighted by Crippen LogP contribution is 2.37. The van der Waals surface area contributed by atoms with Gasteiger partial charge in [0.05, 0.1) is 19.2 Å². The molecule has 0 unspecified atom stereocenters. The fraction of sp³-hybridized carbons (Fsp3) is 0.238. The first kappa shape index (κ1) is 20.6. The normalized spacial score (nSPS) is 12.9. The van der Waals surface area contributed by atoms with Crippen LogP contribution in [0.15, 0.2) is 39.5 Å². The summed E-state index contributed by atoms with van der Waals surface area (Å²) in [4.78, 5) is 52.0. The van der Waals surface area contributed by atoms with Gasteiger partial charge in [-0.1, -0.05) is 18.2 Å². The highest BCUT2D eigenvalue weighted by molar-refractivity contribution is 7.17. The van der Waals surface area contributed by atoms with Gasteiger partial charge in [-0.3, -0.25) is 9.59 Å². The van der Waals surface area contributed by atoms with Crippen molar-refractivity contribution in [1.29, 1.82) is 0 Å². The van der Waals surface area contributed by atoms with Crippen LogP contribution >= 0.6 is 11.3 Å². The summed E-state index contributed by atoms with van der Waals surface area (Å²) in [7, 11) is 2.81. The van der Waals surface area contributed by atoms with E-state index in [1.807, 2.05) is 0 Å². The molecule has 0 atom stereocenters. The maximum atomic E-state index is 12.9. The first-order valence-electron chi connectivity index (χ1n) is 9.46. The Kier molecular flexibility index (Phi) is 5.47. The van der Waals surface area contributed by atoms with Gasteiger partial charge in [-0.2, -0.15) is 0 Å². The number of ether oxygens (including phenoxy) is 1. The minimum atomic E-state index is -0.768. The molecule has 2 aromatic heterocycles. The highest BCUT2D eigenvalue weighted by Gasteiger charge is 2.30. The Balaban J connectivity index is 1.70. The molecule has 0 radical (unpaired) electrons. The van der Waals surface area contributed by atoms with E-state index in [9.17, 15) is 19.2 Å². The van der Waals surface area contributed by atoms with Gasteiger partial charge >= 0.3 is 11.7 Å². The van der Waals surface area contributed by atoms with E-state index >= 15 is 0 Å². The molecule has 3 heterocycles. The Morgan fingerprint density at radius 3 is 2.71 bits per heavy atom. The lowest BCUT2D eigenvalue weighted by molar-refractivity contribution is 0.0962. The van der Waals surface area contributed by atoms with Gasteiger partial charge in [0.15, 0.2) is 0 Å². The van der Waals surface area contributed by atoms with Gasteiger partial charge in [-0.05, 0) is 24.1 Å². The zero-order valence-electron chi connectivity index (χ0n) is 16.8. The number of benzene rings is 1. The van der Waals surface area contributed by atoms with E-state index in [4.69, 9.17) is 9.15 Å². The van der Waals surface area contributed by atoms with Gasteiger partial charge in [-0.25, -0.2) is 9.59 Å². The number of nitrogens with zero attached hydrogens (tertiary/aromatic N) is 1. The maximum absolute atomic E-state index is 12.9. The summed E-state index contributed by atoms with van der Waals surface area (Å²) < 4.78 is 10.0. The number of thiophene rings is 1. The predicted molar refractivity (Wildman–Crippen MR) is 115 cm³/mol. The summed E-state index contributed by atoms with van der Waals surface area (Å²) in [6.07, 6.45) is -0.0163. The van der Waals surface area contributed by atoms with Crippen molar-refractivity contribution in [1.82, 2.24) is 10.2 Å². The Morgan fingerprint density at radius 2 is 1.97 bits per heavy atom. The molecule has 4 rings (SSSR count). The average molecular weight is 441 g/mol. The number of fused-ring (bicyclic) bond motifs is 2. The topological polar surface area (TPSA) is 118 Å². The number of anilines is 1. The summed E-state index contributed by atoms with van der Waals surface area (Å²) in [6.45, 7) is 0.659. The Labute approximate surface area is 180 Å². The minimum Gasteiger partial charge on any atom is -0.453 e. The van der Waals surface area contributed by atoms with E-state index in [1.54, 1.807) is 24.3 Å². The largest absolute Gasteiger partial charge is 0.453 e. The highest BCUT2D eigenvalue weighted by atomic mass is 32.1. The molecule has 0 saturated carbocycles. The van der Waals surface area contributed by atoms with Crippen LogP contribution in [-0.2, 0) is 17.7 Å². The molecule has 0 aliphatic carbocycles. The summed E-state index contributed by atoms with van der Waals surface area (Å²) in [5.41, 5.74) is 0.556. The second-order valence-corrected chi connectivity index (χ2v) is 7.97. The molecule has 1 aliphatic rings. The number of amides is 3. The number of hydrogen-bond acceptors (Lipinski definition) is 7. The third-order valence-electron chi connectivity index (χ3n) is 5.06. The number of para-hydroxylation sites is 1. The quantitative estimate of drug-likeness (QED) is 0.603. The molecular formula is C21H19N3O6S. The third kappa shape index (κ3) is 3.77. The fourth-order valence-corrected chi connectivity index (χ4v) is 4.79. The van der Waals surface area contributed by atoms with Crippen molar-refractivity contribution in [3.63, 3.8) is 0 Å². The van der Waals surface area contributed by atoms with Crippen molar-refractivity contribution in [2.45, 2.75) is 13.0 Å². The lowest BCUT2D eigenvalue weighted by Gasteiger charge is -2.25. The van der Waals surface area contributed by atoms with Crippen molar-refractivity contribution in [2.24, 2.45) is 0 Å². The van der Waals surface area contributed by atoms with Gasteiger partial charge in [0.1, 0.15) is 16.1 Å². The van der Waals surface area contributed by atoms with Gasteiger partial charge in [0.25, 0.3) is 11.8 Å². The summed E-state index contributed by atoms with van der Waals surface area (Å²) in [5, 5.41) is 6.19. The molecular weight excluding hydrogens is 422 g/mol. The van der Waals surface area contributed by atoms with Gasteiger partial charge in [0.2, 0.25) is 0 Å². The molecule has 10 heteroatoms. The first-order chi connectivity index (χ1) is 14.9. The molecule has 1 aliphatic heterocycles. The van der Waals surface area contributed by atoms with Gasteiger partial charge in [0, 0.05) is 23.9 Å². The molecule has 3 amide bonds. The SMILES string of the molecule is CNC(=O)c1c(NC(=O)c2cc3ccccc3oc2=O)sc2c1CCN(C(=O)OC)C2. The van der Waals surface area contributed by atoms with Gasteiger partial charge in [-0.15, -0.1) is 11.3 Å². The van der Waals surface area contributed by atoms with Crippen LogP contribution in [0, 0.1) is 0 Å². The lowest BCUT2D eigenvalue weighted by Crippen LogP contribution is -2.35. The summed E-state index contributed by atoms with van der Waals surface area (Å²) in [5.74, 6) is -1.03. The average Bonchev–Trinajstić information content (AvgIpc) is 3.14. The number of rotatable bonds is 3. The third-order valence-corrected chi connectivity index (χ3v) is 6.19. The van der Waals surface area contributed by atoms with Crippen LogP contribution in [0.5, 0.6) is 0 Å². The van der Waals surface area contributed by atoms with Crippen LogP contribution in [0.2, 0.25) is 0 Å². The van der Waals surface area contributed by atoms with Crippen LogP contribution in [-0.4, -0.2) is 43.5 Å².